The number of carbonyl (C=O) groups is 1. The average molecular weight is 604 g/mol. The van der Waals surface area contributed by atoms with Gasteiger partial charge in [-0.2, -0.15) is 0 Å². The molecule has 0 saturated carbocycles. The van der Waals surface area contributed by atoms with Crippen molar-refractivity contribution in [3.8, 4) is 11.3 Å². The van der Waals surface area contributed by atoms with Gasteiger partial charge in [0.25, 0.3) is 0 Å². The topological polar surface area (TPSA) is 111 Å². The SMILES string of the molecule is C=CC(=O)N1CC2CNC3=C(c4cc(F)c(-c5cc(N)ccc5Cl)nc4N(c4c(C)ccnc4C(C)C)C3O)N2CC1C. The van der Waals surface area contributed by atoms with Crippen molar-refractivity contribution < 1.29 is 14.3 Å². The van der Waals surface area contributed by atoms with Crippen molar-refractivity contribution >= 4 is 40.4 Å². The lowest BCUT2D eigenvalue weighted by atomic mass is 9.93. The second-order valence-corrected chi connectivity index (χ2v) is 12.1. The van der Waals surface area contributed by atoms with Gasteiger partial charge in [0.15, 0.2) is 6.23 Å². The summed E-state index contributed by atoms with van der Waals surface area (Å²) in [6, 6.07) is 7.96. The predicted molar refractivity (Wildman–Crippen MR) is 167 cm³/mol. The maximum absolute atomic E-state index is 16.2. The van der Waals surface area contributed by atoms with E-state index in [4.69, 9.17) is 22.3 Å². The minimum atomic E-state index is -1.17. The number of hydrogen-bond acceptors (Lipinski definition) is 8. The lowest BCUT2D eigenvalue weighted by Crippen LogP contribution is -2.64. The number of benzene rings is 1. The highest BCUT2D eigenvalue weighted by atomic mass is 35.5. The summed E-state index contributed by atoms with van der Waals surface area (Å²) >= 11 is 6.53. The van der Waals surface area contributed by atoms with Crippen LogP contribution in [0, 0.1) is 12.7 Å². The number of halogens is 2. The van der Waals surface area contributed by atoms with E-state index in [-0.39, 0.29) is 29.6 Å². The quantitative estimate of drug-likeness (QED) is 0.289. The van der Waals surface area contributed by atoms with Gasteiger partial charge < -0.3 is 26.0 Å². The highest BCUT2D eigenvalue weighted by molar-refractivity contribution is 6.33. The number of nitrogens with one attached hydrogen (secondary N) is 1. The van der Waals surface area contributed by atoms with Crippen LogP contribution in [-0.4, -0.2) is 68.7 Å². The molecule has 3 unspecified atom stereocenters. The number of hydrogen-bond donors (Lipinski definition) is 3. The van der Waals surface area contributed by atoms with Gasteiger partial charge >= 0.3 is 0 Å². The third-order valence-electron chi connectivity index (χ3n) is 8.50. The molecule has 1 saturated heterocycles. The number of aliphatic hydroxyl groups excluding tert-OH is 1. The molecule has 4 N–H and O–H groups in total. The number of fused-ring (bicyclic) bond motifs is 4. The summed E-state index contributed by atoms with van der Waals surface area (Å²) in [5, 5.41) is 15.9. The Hall–Kier alpha value is -4.15. The molecule has 0 aliphatic carbocycles. The number of nitrogens with zero attached hydrogens (tertiary/aromatic N) is 5. The Labute approximate surface area is 255 Å². The van der Waals surface area contributed by atoms with Crippen LogP contribution in [0.3, 0.4) is 0 Å². The Morgan fingerprint density at radius 2 is 2.02 bits per heavy atom. The van der Waals surface area contributed by atoms with E-state index in [9.17, 15) is 9.90 Å². The molecular formula is C32H35ClFN7O2. The van der Waals surface area contributed by atoms with Crippen LogP contribution in [0.4, 0.5) is 21.6 Å². The molecular weight excluding hydrogens is 569 g/mol. The number of nitrogen functional groups attached to an aromatic ring is 1. The Balaban J connectivity index is 1.59. The Bertz CT molecular complexity index is 1680. The van der Waals surface area contributed by atoms with Gasteiger partial charge in [0.05, 0.1) is 33.8 Å². The van der Waals surface area contributed by atoms with Crippen LogP contribution >= 0.6 is 11.6 Å². The van der Waals surface area contributed by atoms with Crippen LogP contribution in [-0.2, 0) is 4.79 Å². The minimum absolute atomic E-state index is 0.0278. The standard InChI is InChI=1S/C32H35ClFN7O2/c1-6-25(42)39-15-20-13-37-28-30(40(20)14-18(39)5)22-12-24(34)27(21-11-19(35)7-8-23(21)33)38-31(22)41(32(28)43)29-17(4)9-10-36-26(29)16(2)3/h6-12,16,18,20,32,37,43H,1,13-15,35H2,2-5H3. The van der Waals surface area contributed by atoms with Gasteiger partial charge in [-0.1, -0.05) is 32.0 Å². The van der Waals surface area contributed by atoms with Gasteiger partial charge in [-0.15, -0.1) is 0 Å². The number of aromatic nitrogens is 2. The molecule has 2 aromatic heterocycles. The second kappa shape index (κ2) is 10.8. The van der Waals surface area contributed by atoms with Crippen LogP contribution in [0.25, 0.3) is 17.0 Å². The van der Waals surface area contributed by atoms with Crippen LogP contribution in [0.2, 0.25) is 5.02 Å². The maximum Gasteiger partial charge on any atom is 0.246 e. The van der Waals surface area contributed by atoms with Crippen molar-refractivity contribution in [3.05, 3.63) is 82.5 Å². The first kappa shape index (κ1) is 28.9. The monoisotopic (exact) mass is 603 g/mol. The Kier molecular flexibility index (Phi) is 7.30. The number of piperazine rings is 1. The van der Waals surface area contributed by atoms with Crippen LogP contribution < -0.4 is 16.0 Å². The lowest BCUT2D eigenvalue weighted by molar-refractivity contribution is -0.131. The smallest absolute Gasteiger partial charge is 0.246 e. The van der Waals surface area contributed by atoms with E-state index in [1.54, 1.807) is 34.2 Å². The van der Waals surface area contributed by atoms with Gasteiger partial charge in [-0.3, -0.25) is 14.7 Å². The van der Waals surface area contributed by atoms with E-state index >= 15 is 4.39 Å². The fourth-order valence-electron chi connectivity index (χ4n) is 6.42. The van der Waals surface area contributed by atoms with Crippen LogP contribution in [0.15, 0.2) is 54.9 Å². The third kappa shape index (κ3) is 4.69. The zero-order chi connectivity index (χ0) is 30.7. The van der Waals surface area contributed by atoms with Gasteiger partial charge in [0.2, 0.25) is 5.91 Å². The predicted octanol–water partition coefficient (Wildman–Crippen LogP) is 4.78. The molecule has 1 aromatic carbocycles. The molecule has 1 fully saturated rings. The molecule has 3 atom stereocenters. The first-order valence-corrected chi connectivity index (χ1v) is 14.8. The third-order valence-corrected chi connectivity index (χ3v) is 8.83. The van der Waals surface area contributed by atoms with Crippen LogP contribution in [0.1, 0.15) is 43.5 Å². The average Bonchev–Trinajstić information content (AvgIpc) is 2.98. The van der Waals surface area contributed by atoms with Crippen molar-refractivity contribution in [1.29, 1.82) is 0 Å². The van der Waals surface area contributed by atoms with Crippen molar-refractivity contribution in [1.82, 2.24) is 25.1 Å². The summed E-state index contributed by atoms with van der Waals surface area (Å²) in [6.45, 7) is 13.1. The van der Waals surface area contributed by atoms with E-state index in [0.29, 0.717) is 64.4 Å². The summed E-state index contributed by atoms with van der Waals surface area (Å²) in [5.74, 6) is -0.299. The minimum Gasteiger partial charge on any atom is -0.399 e. The second-order valence-electron chi connectivity index (χ2n) is 11.7. The molecule has 0 bridgehead atoms. The van der Waals surface area contributed by atoms with Crippen molar-refractivity contribution in [2.45, 2.75) is 51.9 Å². The molecule has 9 nitrogen and oxygen atoms in total. The first-order valence-electron chi connectivity index (χ1n) is 14.4. The number of amides is 1. The normalized spacial score (nSPS) is 21.3. The molecule has 11 heteroatoms. The largest absolute Gasteiger partial charge is 0.399 e. The Morgan fingerprint density at radius 3 is 2.74 bits per heavy atom. The lowest BCUT2D eigenvalue weighted by Gasteiger charge is -2.52. The van der Waals surface area contributed by atoms with Crippen molar-refractivity contribution in [3.63, 3.8) is 0 Å². The summed E-state index contributed by atoms with van der Waals surface area (Å²) < 4.78 is 16.2. The summed E-state index contributed by atoms with van der Waals surface area (Å²) in [6.07, 6.45) is 1.91. The summed E-state index contributed by atoms with van der Waals surface area (Å²) in [4.78, 5) is 27.9. The molecule has 0 spiro atoms. The summed E-state index contributed by atoms with van der Waals surface area (Å²) in [5.41, 5.74) is 11.0. The van der Waals surface area contributed by atoms with E-state index < -0.39 is 12.0 Å². The fourth-order valence-corrected chi connectivity index (χ4v) is 6.63. The van der Waals surface area contributed by atoms with Gasteiger partial charge in [0, 0.05) is 48.7 Å². The number of aliphatic hydroxyl groups is 1. The molecule has 3 aliphatic rings. The number of anilines is 3. The molecule has 3 aliphatic heterocycles. The molecule has 43 heavy (non-hydrogen) atoms. The zero-order valence-electron chi connectivity index (χ0n) is 24.6. The highest BCUT2D eigenvalue weighted by Gasteiger charge is 2.45. The first-order chi connectivity index (χ1) is 20.5. The van der Waals surface area contributed by atoms with Gasteiger partial charge in [0.1, 0.15) is 17.3 Å². The van der Waals surface area contributed by atoms with E-state index in [0.717, 1.165) is 11.3 Å². The Morgan fingerprint density at radius 1 is 1.26 bits per heavy atom. The molecule has 3 aromatic rings. The van der Waals surface area contributed by atoms with Crippen molar-refractivity contribution in [2.24, 2.45) is 0 Å². The molecule has 1 amide bonds. The number of aryl methyl sites for hydroxylation is 1. The van der Waals surface area contributed by atoms with E-state index in [1.165, 1.54) is 12.1 Å². The van der Waals surface area contributed by atoms with Crippen LogP contribution in [0.5, 0.6) is 0 Å². The number of pyridine rings is 2. The molecule has 0 radical (unpaired) electrons. The number of rotatable bonds is 4. The fraction of sp³-hybridized carbons (Fsp3) is 0.344. The summed E-state index contributed by atoms with van der Waals surface area (Å²) in [7, 11) is 0. The van der Waals surface area contributed by atoms with E-state index in [2.05, 4.69) is 21.8 Å². The van der Waals surface area contributed by atoms with E-state index in [1.807, 2.05) is 33.8 Å². The zero-order valence-corrected chi connectivity index (χ0v) is 25.4. The highest BCUT2D eigenvalue weighted by Crippen LogP contribution is 2.48. The van der Waals surface area contributed by atoms with Gasteiger partial charge in [-0.05, 0) is 61.7 Å². The number of nitrogens with two attached hydrogens (primary N) is 1. The molecule has 224 valence electrons. The molecule has 6 rings (SSSR count). The molecule has 5 heterocycles. The maximum atomic E-state index is 16.2. The van der Waals surface area contributed by atoms with Gasteiger partial charge in [-0.25, -0.2) is 9.37 Å². The van der Waals surface area contributed by atoms with Crippen molar-refractivity contribution in [2.75, 3.05) is 30.3 Å². The number of carbonyl (C=O) groups excluding carboxylic acids is 1.